The van der Waals surface area contributed by atoms with E-state index in [0.29, 0.717) is 30.4 Å². The molecule has 2 aromatic rings. The molecule has 4 rings (SSSR count). The maximum absolute atomic E-state index is 14.7. The fourth-order valence-corrected chi connectivity index (χ4v) is 5.24. The molecule has 2 aliphatic rings. The molecule has 0 spiro atoms. The molecule has 1 fully saturated rings. The number of ether oxygens (including phenoxy) is 2. The summed E-state index contributed by atoms with van der Waals surface area (Å²) in [6.45, 7) is 12.9. The van der Waals surface area contributed by atoms with Crippen LogP contribution in [0.4, 0.5) is 27.7 Å². The van der Waals surface area contributed by atoms with Crippen molar-refractivity contribution in [3.8, 4) is 5.75 Å². The smallest absolute Gasteiger partial charge is 0.271 e. The molecule has 2 N–H and O–H groups in total. The van der Waals surface area contributed by atoms with Gasteiger partial charge in [0.25, 0.3) is 5.91 Å². The van der Waals surface area contributed by atoms with E-state index in [0.717, 1.165) is 19.0 Å². The molecular weight excluding hydrogens is 477 g/mol. The minimum Gasteiger partial charge on any atom is -0.474 e. The Hall–Kier alpha value is -3.05. The third-order valence-electron chi connectivity index (χ3n) is 7.38. The van der Waals surface area contributed by atoms with Crippen LogP contribution in [0.1, 0.15) is 54.4 Å². The Morgan fingerprint density at radius 1 is 1.14 bits per heavy atom. The molecule has 202 valence electrons. The van der Waals surface area contributed by atoms with Gasteiger partial charge in [0.1, 0.15) is 0 Å². The van der Waals surface area contributed by atoms with Crippen molar-refractivity contribution in [2.75, 3.05) is 42.8 Å². The number of rotatable bonds is 7. The van der Waals surface area contributed by atoms with Gasteiger partial charge in [-0.25, -0.2) is 14.4 Å². The topological polar surface area (TPSA) is 105 Å². The number of halogens is 1. The summed E-state index contributed by atoms with van der Waals surface area (Å²) in [4.78, 5) is 29.8. The lowest BCUT2D eigenvalue weighted by Crippen LogP contribution is -2.61. The van der Waals surface area contributed by atoms with Gasteiger partial charge in [-0.15, -0.1) is 0 Å². The average Bonchev–Trinajstić information content (AvgIpc) is 2.79. The maximum atomic E-state index is 14.7. The highest BCUT2D eigenvalue weighted by Gasteiger charge is 2.44. The van der Waals surface area contributed by atoms with Crippen molar-refractivity contribution in [1.82, 2.24) is 19.9 Å². The second-order valence-corrected chi connectivity index (χ2v) is 11.6. The number of aromatic nitrogens is 3. The zero-order chi connectivity index (χ0) is 27.2. The first kappa shape index (κ1) is 27.0. The number of hydrogen-bond acceptors (Lipinski definition) is 9. The molecule has 0 aromatic carbocycles. The number of carbonyl (C=O) groups is 1. The minimum atomic E-state index is -1.06. The summed E-state index contributed by atoms with van der Waals surface area (Å²) in [6.07, 6.45) is 4.41. The highest BCUT2D eigenvalue weighted by molar-refractivity contribution is 6.01. The van der Waals surface area contributed by atoms with E-state index in [2.05, 4.69) is 65.2 Å². The number of piperidine rings is 1. The molecule has 0 saturated carbocycles. The molecule has 0 radical (unpaired) electrons. The second-order valence-electron chi connectivity index (χ2n) is 11.6. The first-order chi connectivity index (χ1) is 17.2. The molecule has 0 atom stereocenters. The Morgan fingerprint density at radius 2 is 1.81 bits per heavy atom. The Bertz CT molecular complexity index is 1150. The summed E-state index contributed by atoms with van der Waals surface area (Å²) in [5, 5.41) is 6.40. The second kappa shape index (κ2) is 9.68. The molecular formula is C26H38FN7O3. The van der Waals surface area contributed by atoms with Gasteiger partial charge >= 0.3 is 0 Å². The van der Waals surface area contributed by atoms with Crippen LogP contribution >= 0.6 is 0 Å². The predicted octanol–water partition coefficient (Wildman–Crippen LogP) is 3.97. The number of amides is 1. The number of methoxy groups -OCH3 is 1. The Balaban J connectivity index is 1.54. The van der Waals surface area contributed by atoms with Crippen molar-refractivity contribution < 1.29 is 18.7 Å². The molecule has 1 saturated heterocycles. The quantitative estimate of drug-likeness (QED) is 0.567. The number of nitrogens with one attached hydrogen (secondary N) is 2. The first-order valence-corrected chi connectivity index (χ1v) is 12.5. The molecule has 2 aliphatic heterocycles. The van der Waals surface area contributed by atoms with Crippen LogP contribution in [-0.4, -0.2) is 75.8 Å². The Kier molecular flexibility index (Phi) is 7.06. The van der Waals surface area contributed by atoms with Gasteiger partial charge in [0, 0.05) is 30.3 Å². The van der Waals surface area contributed by atoms with Gasteiger partial charge in [-0.3, -0.25) is 14.6 Å². The van der Waals surface area contributed by atoms with Crippen LogP contribution in [0.2, 0.25) is 0 Å². The number of hydrogen-bond donors (Lipinski definition) is 2. The van der Waals surface area contributed by atoms with Crippen LogP contribution < -0.4 is 20.3 Å². The van der Waals surface area contributed by atoms with E-state index >= 15 is 0 Å². The van der Waals surface area contributed by atoms with Crippen LogP contribution in [0, 0.1) is 5.82 Å². The molecule has 0 aliphatic carbocycles. The number of pyridine rings is 1. The van der Waals surface area contributed by atoms with Gasteiger partial charge in [-0.2, -0.15) is 4.98 Å². The van der Waals surface area contributed by atoms with E-state index in [1.165, 1.54) is 0 Å². The third kappa shape index (κ3) is 5.47. The number of likely N-dealkylation sites (tertiary alicyclic amines) is 1. The minimum absolute atomic E-state index is 0.0505. The molecule has 11 heteroatoms. The molecule has 1 amide bonds. The molecule has 10 nitrogen and oxygen atoms in total. The van der Waals surface area contributed by atoms with E-state index in [1.54, 1.807) is 38.1 Å². The first-order valence-electron chi connectivity index (χ1n) is 12.5. The van der Waals surface area contributed by atoms with Crippen LogP contribution in [0.25, 0.3) is 0 Å². The lowest BCUT2D eigenvalue weighted by Gasteiger charge is -2.53. The monoisotopic (exact) mass is 515 g/mol. The molecule has 37 heavy (non-hydrogen) atoms. The summed E-state index contributed by atoms with van der Waals surface area (Å²) < 4.78 is 25.8. The van der Waals surface area contributed by atoms with E-state index < -0.39 is 11.4 Å². The van der Waals surface area contributed by atoms with E-state index in [9.17, 15) is 9.18 Å². The fourth-order valence-electron chi connectivity index (χ4n) is 5.24. The zero-order valence-electron chi connectivity index (χ0n) is 23.0. The van der Waals surface area contributed by atoms with Crippen LogP contribution in [0.5, 0.6) is 5.75 Å². The SMILES string of the molecule is COCCN1C(=O)C(C)(C)Oc2cc(Nc3ncc(F)c(NC4CC(C)(C)N(C)C(C)(C)C4)n3)cnc21. The van der Waals surface area contributed by atoms with Gasteiger partial charge < -0.3 is 20.1 Å². The summed E-state index contributed by atoms with van der Waals surface area (Å²) in [5.41, 5.74) is -0.606. The normalized spacial score (nSPS) is 20.8. The average molecular weight is 516 g/mol. The van der Waals surface area contributed by atoms with Crippen molar-refractivity contribution in [1.29, 1.82) is 0 Å². The fraction of sp³-hybridized carbons (Fsp3) is 0.615. The number of fused-ring (bicyclic) bond motifs is 1. The lowest BCUT2D eigenvalue weighted by molar-refractivity contribution is -0.132. The van der Waals surface area contributed by atoms with Crippen LogP contribution in [0.15, 0.2) is 18.5 Å². The van der Waals surface area contributed by atoms with Crippen molar-refractivity contribution in [2.45, 2.75) is 77.1 Å². The standard InChI is InChI=1S/C26H38FN7O3/c1-24(2)12-17(13-25(3,4)33(24)7)30-20-18(27)15-29-23(32-20)31-16-11-19-21(28-14-16)34(9-10-36-8)22(35)26(5,6)37-19/h11,14-15,17H,9-10,12-13H2,1-8H3,(H2,29,30,31,32). The molecule has 0 bridgehead atoms. The zero-order valence-corrected chi connectivity index (χ0v) is 23.0. The van der Waals surface area contributed by atoms with Gasteiger partial charge in [-0.1, -0.05) is 0 Å². The number of nitrogens with zero attached hydrogens (tertiary/aromatic N) is 5. The molecule has 4 heterocycles. The summed E-state index contributed by atoms with van der Waals surface area (Å²) in [7, 11) is 3.71. The lowest BCUT2D eigenvalue weighted by atomic mass is 9.77. The van der Waals surface area contributed by atoms with Gasteiger partial charge in [0.2, 0.25) is 5.95 Å². The maximum Gasteiger partial charge on any atom is 0.271 e. The van der Waals surface area contributed by atoms with E-state index in [1.807, 2.05) is 0 Å². The van der Waals surface area contributed by atoms with Crippen molar-refractivity contribution >= 4 is 29.2 Å². The van der Waals surface area contributed by atoms with Crippen LogP contribution in [0.3, 0.4) is 0 Å². The predicted molar refractivity (Wildman–Crippen MR) is 141 cm³/mol. The Morgan fingerprint density at radius 3 is 2.46 bits per heavy atom. The van der Waals surface area contributed by atoms with E-state index in [-0.39, 0.29) is 34.8 Å². The highest BCUT2D eigenvalue weighted by Crippen LogP contribution is 2.39. The van der Waals surface area contributed by atoms with Crippen LogP contribution in [-0.2, 0) is 9.53 Å². The van der Waals surface area contributed by atoms with Gasteiger partial charge in [-0.05, 0) is 61.4 Å². The molecule has 2 aromatic heterocycles. The van der Waals surface area contributed by atoms with Gasteiger partial charge in [0.05, 0.1) is 31.2 Å². The Labute approximate surface area is 218 Å². The molecule has 0 unspecified atom stereocenters. The van der Waals surface area contributed by atoms with Crippen molar-refractivity contribution in [3.05, 3.63) is 24.3 Å². The largest absolute Gasteiger partial charge is 0.474 e. The summed E-state index contributed by atoms with van der Waals surface area (Å²) in [6, 6.07) is 1.79. The number of carbonyl (C=O) groups excluding carboxylic acids is 1. The summed E-state index contributed by atoms with van der Waals surface area (Å²) in [5.74, 6) is 0.533. The number of anilines is 4. The van der Waals surface area contributed by atoms with Crippen molar-refractivity contribution in [2.24, 2.45) is 0 Å². The highest BCUT2D eigenvalue weighted by atomic mass is 19.1. The van der Waals surface area contributed by atoms with Gasteiger partial charge in [0.15, 0.2) is 28.8 Å². The third-order valence-corrected chi connectivity index (χ3v) is 7.38. The van der Waals surface area contributed by atoms with E-state index in [4.69, 9.17) is 9.47 Å². The van der Waals surface area contributed by atoms with Crippen molar-refractivity contribution in [3.63, 3.8) is 0 Å². The summed E-state index contributed by atoms with van der Waals surface area (Å²) >= 11 is 0.